The summed E-state index contributed by atoms with van der Waals surface area (Å²) in [6, 6.07) is 11.8. The molecular weight excluding hydrogens is 248 g/mol. The van der Waals surface area contributed by atoms with Crippen LogP contribution in [-0.2, 0) is 0 Å². The van der Waals surface area contributed by atoms with Crippen LogP contribution in [0.15, 0.2) is 48.8 Å². The number of nitrogens with zero attached hydrogens (tertiary/aromatic N) is 1. The molecule has 2 N–H and O–H groups in total. The van der Waals surface area contributed by atoms with Crippen LogP contribution in [0, 0.1) is 13.8 Å². The van der Waals surface area contributed by atoms with E-state index in [0.717, 1.165) is 28.0 Å². The second kappa shape index (κ2) is 4.85. The summed E-state index contributed by atoms with van der Waals surface area (Å²) in [5, 5.41) is 1.88. The Morgan fingerprint density at radius 2 is 1.70 bits per heavy atom. The molecule has 3 nitrogen and oxygen atoms in total. The van der Waals surface area contributed by atoms with Gasteiger partial charge in [0, 0.05) is 28.9 Å². The highest BCUT2D eigenvalue weighted by molar-refractivity contribution is 5.96. The number of aryl methyl sites for hydroxylation is 2. The molecule has 0 saturated heterocycles. The van der Waals surface area contributed by atoms with Crippen molar-refractivity contribution in [1.82, 2.24) is 4.98 Å². The Labute approximate surface area is 118 Å². The van der Waals surface area contributed by atoms with Gasteiger partial charge in [0.1, 0.15) is 11.5 Å². The largest absolute Gasteiger partial charge is 0.457 e. The van der Waals surface area contributed by atoms with Crippen molar-refractivity contribution in [2.45, 2.75) is 13.8 Å². The van der Waals surface area contributed by atoms with E-state index in [2.05, 4.69) is 24.9 Å². The van der Waals surface area contributed by atoms with Gasteiger partial charge in [-0.05, 0) is 55.3 Å². The molecule has 1 heterocycles. The van der Waals surface area contributed by atoms with Crippen LogP contribution in [0.1, 0.15) is 11.1 Å². The maximum atomic E-state index is 6.01. The first kappa shape index (κ1) is 12.5. The summed E-state index contributed by atoms with van der Waals surface area (Å²) in [4.78, 5) is 4.16. The van der Waals surface area contributed by atoms with Gasteiger partial charge in [0.15, 0.2) is 0 Å². The monoisotopic (exact) mass is 264 g/mol. The molecule has 0 aliphatic carbocycles. The lowest BCUT2D eigenvalue weighted by molar-refractivity contribution is 0.487. The zero-order valence-electron chi connectivity index (χ0n) is 11.6. The highest BCUT2D eigenvalue weighted by atomic mass is 16.5. The van der Waals surface area contributed by atoms with Gasteiger partial charge in [-0.15, -0.1) is 0 Å². The lowest BCUT2D eigenvalue weighted by Crippen LogP contribution is -1.92. The van der Waals surface area contributed by atoms with Crippen molar-refractivity contribution in [3.63, 3.8) is 0 Å². The molecule has 100 valence electrons. The number of rotatable bonds is 2. The molecule has 0 atom stereocenters. The predicted octanol–water partition coefficient (Wildman–Crippen LogP) is 4.23. The van der Waals surface area contributed by atoms with Gasteiger partial charge in [0.05, 0.1) is 0 Å². The molecule has 2 aromatic carbocycles. The maximum absolute atomic E-state index is 6.01. The number of aromatic nitrogens is 1. The summed E-state index contributed by atoms with van der Waals surface area (Å²) in [6.07, 6.45) is 3.52. The summed E-state index contributed by atoms with van der Waals surface area (Å²) in [5.41, 5.74) is 9.07. The molecule has 0 unspecified atom stereocenters. The van der Waals surface area contributed by atoms with Crippen molar-refractivity contribution in [2.24, 2.45) is 0 Å². The Bertz CT molecular complexity index is 761. The molecule has 3 aromatic rings. The molecule has 0 radical (unpaired) electrons. The second-order valence-corrected chi connectivity index (χ2v) is 5.00. The normalized spacial score (nSPS) is 10.7. The molecule has 0 saturated carbocycles. The standard InChI is InChI=1S/C17H16N2O/c1-11-7-12(2)9-13(8-11)20-17-4-3-16(18)14-5-6-19-10-15(14)17/h3-10H,18H2,1-2H3. The first-order chi connectivity index (χ1) is 9.63. The van der Waals surface area contributed by atoms with Crippen molar-refractivity contribution >= 4 is 16.5 Å². The fraction of sp³-hybridized carbons (Fsp3) is 0.118. The molecule has 0 spiro atoms. The van der Waals surface area contributed by atoms with Crippen LogP contribution in [0.2, 0.25) is 0 Å². The van der Waals surface area contributed by atoms with E-state index in [-0.39, 0.29) is 0 Å². The topological polar surface area (TPSA) is 48.1 Å². The van der Waals surface area contributed by atoms with Crippen LogP contribution in [0.3, 0.4) is 0 Å². The Balaban J connectivity index is 2.09. The summed E-state index contributed by atoms with van der Waals surface area (Å²) in [5.74, 6) is 1.60. The van der Waals surface area contributed by atoms with Crippen LogP contribution in [0.25, 0.3) is 10.8 Å². The molecule has 0 fully saturated rings. The number of benzene rings is 2. The predicted molar refractivity (Wildman–Crippen MR) is 82.1 cm³/mol. The van der Waals surface area contributed by atoms with E-state index in [1.54, 1.807) is 12.4 Å². The maximum Gasteiger partial charge on any atom is 0.136 e. The van der Waals surface area contributed by atoms with Crippen molar-refractivity contribution < 1.29 is 4.74 Å². The number of anilines is 1. The molecule has 0 aliphatic rings. The number of pyridine rings is 1. The number of ether oxygens (including phenoxy) is 1. The Morgan fingerprint density at radius 1 is 0.950 bits per heavy atom. The highest BCUT2D eigenvalue weighted by Crippen LogP contribution is 2.33. The van der Waals surface area contributed by atoms with Gasteiger partial charge in [0.2, 0.25) is 0 Å². The number of hydrogen-bond donors (Lipinski definition) is 1. The fourth-order valence-corrected chi connectivity index (χ4v) is 2.40. The van der Waals surface area contributed by atoms with Crippen LogP contribution in [-0.4, -0.2) is 4.98 Å². The Morgan fingerprint density at radius 3 is 2.45 bits per heavy atom. The van der Waals surface area contributed by atoms with Gasteiger partial charge in [-0.1, -0.05) is 6.07 Å². The number of nitrogens with two attached hydrogens (primary N) is 1. The third-order valence-electron chi connectivity index (χ3n) is 3.23. The van der Waals surface area contributed by atoms with E-state index in [1.807, 2.05) is 30.3 Å². The molecule has 0 amide bonds. The van der Waals surface area contributed by atoms with Crippen LogP contribution in [0.5, 0.6) is 11.5 Å². The third-order valence-corrected chi connectivity index (χ3v) is 3.23. The molecule has 3 heteroatoms. The molecule has 1 aromatic heterocycles. The van der Waals surface area contributed by atoms with Gasteiger partial charge in [0.25, 0.3) is 0 Å². The van der Waals surface area contributed by atoms with Gasteiger partial charge >= 0.3 is 0 Å². The van der Waals surface area contributed by atoms with Gasteiger partial charge in [-0.3, -0.25) is 4.98 Å². The highest BCUT2D eigenvalue weighted by Gasteiger charge is 2.07. The zero-order chi connectivity index (χ0) is 14.1. The van der Waals surface area contributed by atoms with Crippen LogP contribution >= 0.6 is 0 Å². The third kappa shape index (κ3) is 2.30. The molecule has 20 heavy (non-hydrogen) atoms. The quantitative estimate of drug-likeness (QED) is 0.705. The SMILES string of the molecule is Cc1cc(C)cc(Oc2ccc(N)c3ccncc23)c1. The van der Waals surface area contributed by atoms with E-state index in [1.165, 1.54) is 11.1 Å². The van der Waals surface area contributed by atoms with Gasteiger partial charge < -0.3 is 10.5 Å². The molecular formula is C17H16N2O. The van der Waals surface area contributed by atoms with Crippen molar-refractivity contribution in [3.8, 4) is 11.5 Å². The molecule has 3 rings (SSSR count). The van der Waals surface area contributed by atoms with Gasteiger partial charge in [-0.25, -0.2) is 0 Å². The minimum atomic E-state index is 0.732. The second-order valence-electron chi connectivity index (χ2n) is 5.00. The number of fused-ring (bicyclic) bond motifs is 1. The van der Waals surface area contributed by atoms with E-state index in [9.17, 15) is 0 Å². The van der Waals surface area contributed by atoms with E-state index in [0.29, 0.717) is 0 Å². The minimum absolute atomic E-state index is 0.732. The van der Waals surface area contributed by atoms with Crippen LogP contribution < -0.4 is 10.5 Å². The molecule has 0 aliphatic heterocycles. The van der Waals surface area contributed by atoms with E-state index >= 15 is 0 Å². The zero-order valence-corrected chi connectivity index (χ0v) is 11.6. The average Bonchev–Trinajstić information content (AvgIpc) is 2.41. The average molecular weight is 264 g/mol. The summed E-state index contributed by atoms with van der Waals surface area (Å²) in [7, 11) is 0. The number of hydrogen-bond acceptors (Lipinski definition) is 3. The minimum Gasteiger partial charge on any atom is -0.457 e. The molecule has 0 bridgehead atoms. The lowest BCUT2D eigenvalue weighted by atomic mass is 10.1. The smallest absolute Gasteiger partial charge is 0.136 e. The first-order valence-electron chi connectivity index (χ1n) is 6.52. The lowest BCUT2D eigenvalue weighted by Gasteiger charge is -2.11. The van der Waals surface area contributed by atoms with E-state index < -0.39 is 0 Å². The van der Waals surface area contributed by atoms with Crippen molar-refractivity contribution in [2.75, 3.05) is 5.73 Å². The van der Waals surface area contributed by atoms with Gasteiger partial charge in [-0.2, -0.15) is 0 Å². The summed E-state index contributed by atoms with van der Waals surface area (Å²) in [6.45, 7) is 4.12. The summed E-state index contributed by atoms with van der Waals surface area (Å²) >= 11 is 0. The first-order valence-corrected chi connectivity index (χ1v) is 6.52. The number of nitrogen functional groups attached to an aromatic ring is 1. The Hall–Kier alpha value is -2.55. The summed E-state index contributed by atoms with van der Waals surface area (Å²) < 4.78 is 6.01. The van der Waals surface area contributed by atoms with E-state index in [4.69, 9.17) is 10.5 Å². The van der Waals surface area contributed by atoms with Crippen molar-refractivity contribution in [1.29, 1.82) is 0 Å². The Kier molecular flexibility index (Phi) is 3.03. The van der Waals surface area contributed by atoms with Crippen LogP contribution in [0.4, 0.5) is 5.69 Å². The fourth-order valence-electron chi connectivity index (χ4n) is 2.40. The van der Waals surface area contributed by atoms with Crippen molar-refractivity contribution in [3.05, 3.63) is 59.9 Å².